The summed E-state index contributed by atoms with van der Waals surface area (Å²) in [6.45, 7) is 13.1. The molecule has 26 N–H and O–H groups in total. The number of nitrogens with two attached hydrogens (primary N) is 8. The van der Waals surface area contributed by atoms with E-state index < -0.39 is 144 Å². The Morgan fingerprint density at radius 3 is 1.15 bits per heavy atom. The molecular formula is C49H93N19O12. The lowest BCUT2D eigenvalue weighted by atomic mass is 9.94. The van der Waals surface area contributed by atoms with Crippen LogP contribution in [0.5, 0.6) is 0 Å². The lowest BCUT2D eigenvalue weighted by Gasteiger charge is -2.31. The van der Waals surface area contributed by atoms with Crippen LogP contribution in [0.4, 0.5) is 0 Å². The van der Waals surface area contributed by atoms with Crippen molar-refractivity contribution in [2.45, 2.75) is 180 Å². The number of rotatable bonds is 40. The Bertz CT molecular complexity index is 2130. The minimum absolute atomic E-state index is 0.00242. The van der Waals surface area contributed by atoms with Gasteiger partial charge in [-0.15, -0.1) is 0 Å². The highest BCUT2D eigenvalue weighted by molar-refractivity contribution is 5.99. The molecule has 31 nitrogen and oxygen atoms in total. The molecular weight excluding hydrogens is 1050 g/mol. The second-order valence-electron chi connectivity index (χ2n) is 20.2. The number of aliphatic hydroxyl groups is 1. The van der Waals surface area contributed by atoms with E-state index in [0.29, 0.717) is 25.7 Å². The van der Waals surface area contributed by atoms with Gasteiger partial charge in [0.2, 0.25) is 53.2 Å². The third-order valence-corrected chi connectivity index (χ3v) is 13.0. The first-order valence-corrected chi connectivity index (χ1v) is 26.9. The summed E-state index contributed by atoms with van der Waals surface area (Å²) in [5.74, 6) is -12.0. The maximum Gasteiger partial charge on any atom is 0.326 e. The zero-order chi connectivity index (χ0) is 61.4. The fourth-order valence-electron chi connectivity index (χ4n) is 7.69. The third kappa shape index (κ3) is 28.4. The second-order valence-corrected chi connectivity index (χ2v) is 20.2. The quantitative estimate of drug-likeness (QED) is 0.0155. The van der Waals surface area contributed by atoms with Crippen molar-refractivity contribution in [2.75, 3.05) is 26.2 Å². The Labute approximate surface area is 467 Å². The zero-order valence-corrected chi connectivity index (χ0v) is 47.5. The number of hydrogen-bond donors (Lipinski definition) is 18. The van der Waals surface area contributed by atoms with Gasteiger partial charge in [-0.2, -0.15) is 0 Å². The number of carbonyl (C=O) groups excluding carboxylic acids is 9. The molecule has 9 amide bonds. The average molecular weight is 1140 g/mol. The van der Waals surface area contributed by atoms with E-state index in [1.165, 1.54) is 0 Å². The van der Waals surface area contributed by atoms with Crippen LogP contribution in [0.3, 0.4) is 0 Å². The minimum atomic E-state index is -1.81. The van der Waals surface area contributed by atoms with Gasteiger partial charge >= 0.3 is 5.97 Å². The van der Waals surface area contributed by atoms with Gasteiger partial charge in [0.05, 0.1) is 19.1 Å². The van der Waals surface area contributed by atoms with Gasteiger partial charge in [-0.1, -0.05) is 74.7 Å². The van der Waals surface area contributed by atoms with E-state index in [9.17, 15) is 58.2 Å². The van der Waals surface area contributed by atoms with Crippen molar-refractivity contribution in [2.24, 2.45) is 84.5 Å². The molecule has 0 aromatic heterocycles. The van der Waals surface area contributed by atoms with Gasteiger partial charge < -0.3 is 98.6 Å². The van der Waals surface area contributed by atoms with Crippen molar-refractivity contribution in [3.8, 4) is 0 Å². The van der Waals surface area contributed by atoms with Crippen LogP contribution >= 0.6 is 0 Å². The van der Waals surface area contributed by atoms with Crippen LogP contribution in [0, 0.1) is 23.7 Å². The molecule has 12 atom stereocenters. The Morgan fingerprint density at radius 1 is 0.425 bits per heavy atom. The van der Waals surface area contributed by atoms with E-state index in [4.69, 9.17) is 45.9 Å². The molecule has 0 bridgehead atoms. The fourth-order valence-corrected chi connectivity index (χ4v) is 7.69. The number of carbonyl (C=O) groups is 10. The van der Waals surface area contributed by atoms with Crippen LogP contribution in [-0.4, -0.2) is 168 Å². The van der Waals surface area contributed by atoms with Crippen molar-refractivity contribution in [3.63, 3.8) is 0 Å². The Balaban J connectivity index is 6.76. The summed E-state index contributed by atoms with van der Waals surface area (Å²) in [7, 11) is 0. The van der Waals surface area contributed by atoms with Crippen LogP contribution in [0.15, 0.2) is 15.0 Å². The number of carboxylic acids is 1. The molecule has 0 heterocycles. The van der Waals surface area contributed by atoms with Crippen molar-refractivity contribution in [1.29, 1.82) is 0 Å². The van der Waals surface area contributed by atoms with Crippen molar-refractivity contribution < 1.29 is 58.2 Å². The number of amides is 9. The summed E-state index contributed by atoms with van der Waals surface area (Å²) in [4.78, 5) is 147. The van der Waals surface area contributed by atoms with Crippen LogP contribution in [-0.2, 0) is 47.9 Å². The second kappa shape index (κ2) is 38.1. The van der Waals surface area contributed by atoms with E-state index >= 15 is 0 Å². The number of carboxylic acid groups (broad SMARTS) is 1. The highest BCUT2D eigenvalue weighted by Crippen LogP contribution is 2.16. The zero-order valence-electron chi connectivity index (χ0n) is 47.5. The number of primary amides is 1. The van der Waals surface area contributed by atoms with E-state index in [-0.39, 0.29) is 82.0 Å². The average Bonchev–Trinajstić information content (AvgIpc) is 3.38. The topological polar surface area (TPSA) is 553 Å². The monoisotopic (exact) mass is 1140 g/mol. The van der Waals surface area contributed by atoms with Crippen molar-refractivity contribution in [1.82, 2.24) is 42.5 Å². The number of hydrogen-bond acceptors (Lipinski definition) is 15. The molecule has 0 unspecified atom stereocenters. The van der Waals surface area contributed by atoms with Gasteiger partial charge in [-0.05, 0) is 68.6 Å². The molecule has 0 radical (unpaired) electrons. The Hall–Kier alpha value is -7.57. The molecule has 0 aromatic rings. The van der Waals surface area contributed by atoms with Crippen molar-refractivity contribution >= 4 is 77.0 Å². The lowest BCUT2D eigenvalue weighted by Crippen LogP contribution is -2.62. The largest absolute Gasteiger partial charge is 0.480 e. The predicted octanol–water partition coefficient (Wildman–Crippen LogP) is -5.51. The third-order valence-electron chi connectivity index (χ3n) is 13.0. The van der Waals surface area contributed by atoms with E-state index in [0.717, 1.165) is 0 Å². The molecule has 0 aliphatic rings. The molecule has 0 fully saturated rings. The first kappa shape index (κ1) is 72.4. The SMILES string of the molecule is CC[C@H](C)[C@H](NC(=O)[C@H](CC(C)C)NC(=O)[C@H](CCCN=C(N)N)NC(=O)[C@H](CC(N)=O)NC(=O)[C@H](CO)NC(=O)[C@@H](NC(=O)[C@@H](N)CCCN=C(N)N)[C@@H](C)CC)C(=O)N[C@H](C(=O)N[C@@H](CCCN=C(N)N)C(=O)O)[C@@H](C)CC. The van der Waals surface area contributed by atoms with Gasteiger partial charge in [0.25, 0.3) is 0 Å². The molecule has 80 heavy (non-hydrogen) atoms. The van der Waals surface area contributed by atoms with Crippen LogP contribution < -0.4 is 88.4 Å². The number of aliphatic imine (C=N–C) groups is 3. The summed E-state index contributed by atoms with van der Waals surface area (Å²) >= 11 is 0. The fraction of sp³-hybridized carbons (Fsp3) is 0.735. The lowest BCUT2D eigenvalue weighted by molar-refractivity contribution is -0.143. The molecule has 31 heteroatoms. The van der Waals surface area contributed by atoms with E-state index in [1.54, 1.807) is 55.4 Å². The number of aliphatic carboxylic acids is 1. The molecule has 0 aliphatic carbocycles. The summed E-state index contributed by atoms with van der Waals surface area (Å²) in [5.41, 5.74) is 43.9. The molecule has 456 valence electrons. The molecule has 0 spiro atoms. The molecule has 0 saturated heterocycles. The minimum Gasteiger partial charge on any atom is -0.480 e. The Morgan fingerprint density at radius 2 is 0.750 bits per heavy atom. The maximum absolute atomic E-state index is 14.3. The number of aliphatic hydroxyl groups excluding tert-OH is 1. The van der Waals surface area contributed by atoms with Gasteiger partial charge in [0.1, 0.15) is 48.3 Å². The standard InChI is InChI=1S/C49H93N19O12/c1-9-25(6)35(66-38(71)28(50)15-12-18-58-47(52)53)44(77)65-33(23-69)42(75)64-32(22-34(51)70)40(73)61-29(16-13-19-59-48(54)55)39(72)63-31(21-24(4)5)41(74)67-37(27(8)11-3)45(78)68-36(26(7)10-2)43(76)62-30(46(79)80)17-14-20-60-49(56)57/h24-33,35-37,69H,9-23,50H2,1-8H3,(H2,51,70)(H,61,73)(H,62,76)(H,63,72)(H,64,75)(H,65,77)(H,66,71)(H,67,74)(H,68,78)(H,79,80)(H4,52,53,58)(H4,54,55,59)(H4,56,57,60)/t25-,26-,27-,28-,29-,30-,31-,32-,33-,35-,36-,37-/m0/s1. The predicted molar refractivity (Wildman–Crippen MR) is 300 cm³/mol. The van der Waals surface area contributed by atoms with E-state index in [1.807, 2.05) is 0 Å². The summed E-state index contributed by atoms with van der Waals surface area (Å²) in [6.07, 6.45) is 0.839. The van der Waals surface area contributed by atoms with Gasteiger partial charge in [-0.3, -0.25) is 58.1 Å². The van der Waals surface area contributed by atoms with Gasteiger partial charge in [0, 0.05) is 19.6 Å². The van der Waals surface area contributed by atoms with Gasteiger partial charge in [0.15, 0.2) is 17.9 Å². The van der Waals surface area contributed by atoms with Crippen LogP contribution in [0.25, 0.3) is 0 Å². The van der Waals surface area contributed by atoms with Crippen LogP contribution in [0.1, 0.15) is 126 Å². The summed E-state index contributed by atoms with van der Waals surface area (Å²) in [6, 6.07) is -12.6. The van der Waals surface area contributed by atoms with E-state index in [2.05, 4.69) is 57.5 Å². The molecule has 0 aliphatic heterocycles. The van der Waals surface area contributed by atoms with Crippen molar-refractivity contribution in [3.05, 3.63) is 0 Å². The normalized spacial score (nSPS) is 15.5. The highest BCUT2D eigenvalue weighted by Gasteiger charge is 2.38. The molecule has 0 rings (SSSR count). The van der Waals surface area contributed by atoms with Crippen LogP contribution in [0.2, 0.25) is 0 Å². The summed E-state index contributed by atoms with van der Waals surface area (Å²) < 4.78 is 0. The molecule has 0 saturated carbocycles. The number of guanidine groups is 3. The number of nitrogens with zero attached hydrogens (tertiary/aromatic N) is 3. The molecule has 0 aromatic carbocycles. The summed E-state index contributed by atoms with van der Waals surface area (Å²) in [5, 5.41) is 40.4. The first-order chi connectivity index (χ1) is 37.4. The highest BCUT2D eigenvalue weighted by atomic mass is 16.4. The maximum atomic E-state index is 14.3. The smallest absolute Gasteiger partial charge is 0.326 e. The van der Waals surface area contributed by atoms with Gasteiger partial charge in [-0.25, -0.2) is 4.79 Å². The Kier molecular flexibility index (Phi) is 34.5. The first-order valence-electron chi connectivity index (χ1n) is 26.9. The number of nitrogens with one attached hydrogen (secondary N) is 8.